The van der Waals surface area contributed by atoms with E-state index in [0.717, 1.165) is 29.0 Å². The molecule has 1 saturated heterocycles. The molecule has 0 aromatic carbocycles. The first-order chi connectivity index (χ1) is 12.9. The van der Waals surface area contributed by atoms with E-state index in [1.807, 2.05) is 18.0 Å². The van der Waals surface area contributed by atoms with Crippen molar-refractivity contribution in [2.45, 2.75) is 50.9 Å². The Hall–Kier alpha value is -1.34. The highest BCUT2D eigenvalue weighted by atomic mass is 32.2. The van der Waals surface area contributed by atoms with Gasteiger partial charge in [0.1, 0.15) is 30.2 Å². The first kappa shape index (κ1) is 16.8. The molecule has 2 unspecified atom stereocenters. The van der Waals surface area contributed by atoms with Crippen LogP contribution in [0, 0.1) is 5.92 Å². The van der Waals surface area contributed by atoms with E-state index in [4.69, 9.17) is 13.9 Å². The van der Waals surface area contributed by atoms with E-state index < -0.39 is 6.29 Å². The van der Waals surface area contributed by atoms with Gasteiger partial charge in [0.2, 0.25) is 5.76 Å². The third kappa shape index (κ3) is 2.99. The van der Waals surface area contributed by atoms with Crippen LogP contribution in [0.15, 0.2) is 34.8 Å². The number of anilines is 2. The van der Waals surface area contributed by atoms with Gasteiger partial charge in [0.25, 0.3) is 0 Å². The minimum absolute atomic E-state index is 0.491. The van der Waals surface area contributed by atoms with Crippen LogP contribution < -0.4 is 9.21 Å². The summed E-state index contributed by atoms with van der Waals surface area (Å²) in [6, 6.07) is 0.637. The number of thioether (sulfide) groups is 1. The molecule has 0 amide bonds. The second-order valence-electron chi connectivity index (χ2n) is 7.18. The molecule has 4 heterocycles. The molecule has 1 aliphatic carbocycles. The molecule has 4 aliphatic rings. The van der Waals surface area contributed by atoms with Crippen molar-refractivity contribution in [3.63, 3.8) is 0 Å². The molecule has 0 bridgehead atoms. The average molecular weight is 393 g/mol. The largest absolute Gasteiger partial charge is 0.457 e. The Morgan fingerprint density at radius 3 is 2.73 bits per heavy atom. The Kier molecular flexibility index (Phi) is 4.75. The standard InChI is InChI=1S/C19H24N2O3S2/c1-2-6-15-14(4-1)5-3-7-20(15)16-12-24-18(19-22-9-10-23-19)17(16)21-8-11-25-13-26-21/h8-12,14-15,19H,1-7,13H2. The molecule has 1 aromatic rings. The van der Waals surface area contributed by atoms with Crippen LogP contribution >= 0.6 is 23.7 Å². The molecule has 0 radical (unpaired) electrons. The lowest BCUT2D eigenvalue weighted by molar-refractivity contribution is -0.0398. The molecular formula is C19H24N2O3S2. The smallest absolute Gasteiger partial charge is 0.301 e. The fourth-order valence-corrected chi connectivity index (χ4v) is 6.40. The van der Waals surface area contributed by atoms with Crippen molar-refractivity contribution in [2.75, 3.05) is 20.8 Å². The SMILES string of the molecule is C1=COC(c2occ(N3CCCC4CCCCC43)c2N2C=CSCS2)O1. The topological polar surface area (TPSA) is 38.1 Å². The van der Waals surface area contributed by atoms with Crippen LogP contribution in [0.4, 0.5) is 11.4 Å². The summed E-state index contributed by atoms with van der Waals surface area (Å²) in [4.78, 5) is 2.61. The zero-order valence-corrected chi connectivity index (χ0v) is 16.3. The number of nitrogens with zero attached hydrogens (tertiary/aromatic N) is 2. The molecule has 1 saturated carbocycles. The molecule has 2 atom stereocenters. The summed E-state index contributed by atoms with van der Waals surface area (Å²) in [5, 5.41) is 3.14. The van der Waals surface area contributed by atoms with E-state index >= 15 is 0 Å². The van der Waals surface area contributed by atoms with Gasteiger partial charge in [-0.05, 0) is 49.0 Å². The summed E-state index contributed by atoms with van der Waals surface area (Å²) in [6.07, 6.45) is 14.7. The van der Waals surface area contributed by atoms with Crippen molar-refractivity contribution >= 4 is 35.1 Å². The van der Waals surface area contributed by atoms with E-state index in [-0.39, 0.29) is 0 Å². The molecule has 140 valence electrons. The summed E-state index contributed by atoms with van der Waals surface area (Å²) in [5.41, 5.74) is 2.28. The van der Waals surface area contributed by atoms with E-state index in [9.17, 15) is 0 Å². The van der Waals surface area contributed by atoms with Crippen LogP contribution in [0.3, 0.4) is 0 Å². The minimum atomic E-state index is -0.491. The maximum absolute atomic E-state index is 6.04. The zero-order valence-electron chi connectivity index (χ0n) is 14.7. The normalized spacial score (nSPS) is 28.8. The van der Waals surface area contributed by atoms with Gasteiger partial charge in [-0.25, -0.2) is 0 Å². The van der Waals surface area contributed by atoms with E-state index in [1.54, 1.807) is 24.5 Å². The van der Waals surface area contributed by atoms with Gasteiger partial charge in [-0.2, -0.15) is 0 Å². The highest BCUT2D eigenvalue weighted by Gasteiger charge is 2.38. The van der Waals surface area contributed by atoms with Crippen LogP contribution in [-0.2, 0) is 9.47 Å². The minimum Gasteiger partial charge on any atom is -0.457 e. The number of ether oxygens (including phenoxy) is 2. The van der Waals surface area contributed by atoms with Crippen molar-refractivity contribution in [2.24, 2.45) is 5.92 Å². The molecule has 7 heteroatoms. The molecule has 1 aromatic heterocycles. The van der Waals surface area contributed by atoms with E-state index in [2.05, 4.69) is 20.8 Å². The average Bonchev–Trinajstić information content (AvgIpc) is 3.38. The number of furan rings is 1. The molecule has 0 spiro atoms. The zero-order chi connectivity index (χ0) is 17.3. The van der Waals surface area contributed by atoms with Gasteiger partial charge in [-0.15, -0.1) is 11.8 Å². The van der Waals surface area contributed by atoms with Crippen molar-refractivity contribution in [3.05, 3.63) is 36.2 Å². The van der Waals surface area contributed by atoms with Gasteiger partial charge in [-0.3, -0.25) is 4.31 Å². The third-order valence-electron chi connectivity index (χ3n) is 5.77. The van der Waals surface area contributed by atoms with Crippen molar-refractivity contribution in [1.29, 1.82) is 0 Å². The van der Waals surface area contributed by atoms with Crippen LogP contribution in [0.5, 0.6) is 0 Å². The van der Waals surface area contributed by atoms with Crippen LogP contribution in [0.1, 0.15) is 50.6 Å². The van der Waals surface area contributed by atoms with Gasteiger partial charge in [-0.1, -0.05) is 12.8 Å². The molecule has 5 nitrogen and oxygen atoms in total. The monoisotopic (exact) mass is 392 g/mol. The molecule has 3 aliphatic heterocycles. The number of rotatable bonds is 3. The van der Waals surface area contributed by atoms with Gasteiger partial charge in [0.15, 0.2) is 0 Å². The predicted molar refractivity (Wildman–Crippen MR) is 107 cm³/mol. The Bertz CT molecular complexity index is 695. The van der Waals surface area contributed by atoms with E-state index in [0.29, 0.717) is 6.04 Å². The van der Waals surface area contributed by atoms with E-state index in [1.165, 1.54) is 44.2 Å². The van der Waals surface area contributed by atoms with Gasteiger partial charge >= 0.3 is 6.29 Å². The summed E-state index contributed by atoms with van der Waals surface area (Å²) in [6.45, 7) is 1.11. The number of fused-ring (bicyclic) bond motifs is 1. The maximum atomic E-state index is 6.04. The van der Waals surface area contributed by atoms with Crippen molar-refractivity contribution in [3.8, 4) is 0 Å². The summed E-state index contributed by atoms with van der Waals surface area (Å²) in [7, 11) is 0. The summed E-state index contributed by atoms with van der Waals surface area (Å²) in [5.74, 6) is 1.58. The van der Waals surface area contributed by atoms with Gasteiger partial charge < -0.3 is 18.8 Å². The van der Waals surface area contributed by atoms with Crippen LogP contribution in [0.25, 0.3) is 0 Å². The first-order valence-corrected chi connectivity index (χ1v) is 11.5. The molecule has 5 rings (SSSR count). The van der Waals surface area contributed by atoms with Crippen molar-refractivity contribution in [1.82, 2.24) is 0 Å². The van der Waals surface area contributed by atoms with Crippen LogP contribution in [0.2, 0.25) is 0 Å². The Balaban J connectivity index is 1.53. The lowest BCUT2D eigenvalue weighted by atomic mass is 9.78. The predicted octanol–water partition coefficient (Wildman–Crippen LogP) is 5.59. The Morgan fingerprint density at radius 2 is 1.88 bits per heavy atom. The highest BCUT2D eigenvalue weighted by Crippen LogP contribution is 2.48. The fourth-order valence-electron chi connectivity index (χ4n) is 4.64. The summed E-state index contributed by atoms with van der Waals surface area (Å²) < 4.78 is 19.5. The second-order valence-corrected chi connectivity index (χ2v) is 9.38. The van der Waals surface area contributed by atoms with Crippen LogP contribution in [-0.4, -0.2) is 17.7 Å². The third-order valence-corrected chi connectivity index (χ3v) is 7.64. The quantitative estimate of drug-likeness (QED) is 0.621. The first-order valence-electron chi connectivity index (χ1n) is 9.46. The highest BCUT2D eigenvalue weighted by molar-refractivity contribution is 8.18. The number of piperidine rings is 1. The molecule has 0 N–H and O–H groups in total. The Labute approximate surface area is 162 Å². The van der Waals surface area contributed by atoms with Gasteiger partial charge in [0.05, 0.1) is 5.08 Å². The van der Waals surface area contributed by atoms with Crippen molar-refractivity contribution < 1.29 is 13.9 Å². The fraction of sp³-hybridized carbons (Fsp3) is 0.579. The number of hydrogen-bond acceptors (Lipinski definition) is 7. The van der Waals surface area contributed by atoms with Gasteiger partial charge in [0, 0.05) is 18.8 Å². The molecule has 26 heavy (non-hydrogen) atoms. The molecule has 2 fully saturated rings. The maximum Gasteiger partial charge on any atom is 0.301 e. The second kappa shape index (κ2) is 7.35. The lowest BCUT2D eigenvalue weighted by Gasteiger charge is -2.45. The summed E-state index contributed by atoms with van der Waals surface area (Å²) >= 11 is 3.61. The Morgan fingerprint density at radius 1 is 1.04 bits per heavy atom. The lowest BCUT2D eigenvalue weighted by Crippen LogP contribution is -2.47. The number of hydrogen-bond donors (Lipinski definition) is 0. The molecular weight excluding hydrogens is 368 g/mol.